The van der Waals surface area contributed by atoms with E-state index in [0.29, 0.717) is 0 Å². The van der Waals surface area contributed by atoms with Crippen LogP contribution < -0.4 is 4.90 Å². The van der Waals surface area contributed by atoms with Crippen molar-refractivity contribution in [1.29, 1.82) is 0 Å². The van der Waals surface area contributed by atoms with Gasteiger partial charge in [-0.25, -0.2) is 9.18 Å². The Hall–Kier alpha value is -2.27. The summed E-state index contributed by atoms with van der Waals surface area (Å²) in [4.78, 5) is 14.7. The highest BCUT2D eigenvalue weighted by atomic mass is 19.1. The Bertz CT molecular complexity index is 518. The van der Waals surface area contributed by atoms with E-state index in [0.717, 1.165) is 11.0 Å². The zero-order valence-corrected chi connectivity index (χ0v) is 10.3. The van der Waals surface area contributed by atoms with E-state index >= 15 is 0 Å². The molecule has 1 rings (SSSR count). The molecule has 18 heavy (non-hydrogen) atoms. The van der Waals surface area contributed by atoms with Gasteiger partial charge in [0.1, 0.15) is 5.82 Å². The number of nitrogens with zero attached hydrogens (tertiary/aromatic N) is 4. The number of hydrogen-bond acceptors (Lipinski definition) is 2. The van der Waals surface area contributed by atoms with E-state index in [9.17, 15) is 9.18 Å². The van der Waals surface area contributed by atoms with Crippen LogP contribution in [0.25, 0.3) is 10.4 Å². The first kappa shape index (κ1) is 13.8. The quantitative estimate of drug-likeness (QED) is 0.488. The van der Waals surface area contributed by atoms with Crippen molar-refractivity contribution in [2.24, 2.45) is 5.11 Å². The largest absolute Gasteiger partial charge is 0.465 e. The summed E-state index contributed by atoms with van der Waals surface area (Å²) in [6.45, 7) is 5.08. The highest BCUT2D eigenvalue weighted by Gasteiger charge is 2.28. The third kappa shape index (κ3) is 2.89. The van der Waals surface area contributed by atoms with Crippen LogP contribution in [0.15, 0.2) is 23.3 Å². The summed E-state index contributed by atoms with van der Waals surface area (Å²) in [5, 5.41) is 12.3. The van der Waals surface area contributed by atoms with Gasteiger partial charge < -0.3 is 5.11 Å². The van der Waals surface area contributed by atoms with Gasteiger partial charge in [0.2, 0.25) is 0 Å². The van der Waals surface area contributed by atoms with Crippen molar-refractivity contribution in [1.82, 2.24) is 0 Å². The van der Waals surface area contributed by atoms with Crippen molar-refractivity contribution in [3.05, 3.63) is 34.5 Å². The molecule has 1 aromatic rings. The van der Waals surface area contributed by atoms with Crippen LogP contribution in [0.2, 0.25) is 0 Å². The number of carboxylic acid groups (broad SMARTS) is 1. The summed E-state index contributed by atoms with van der Waals surface area (Å²) in [5.41, 5.74) is 7.54. The minimum atomic E-state index is -1.18. The molecule has 0 atom stereocenters. The Kier molecular flexibility index (Phi) is 3.78. The number of rotatable bonds is 2. The van der Waals surface area contributed by atoms with Gasteiger partial charge >= 0.3 is 6.09 Å². The Morgan fingerprint density at radius 3 is 2.50 bits per heavy atom. The Labute approximate surface area is 103 Å². The molecule has 7 heteroatoms. The summed E-state index contributed by atoms with van der Waals surface area (Å²) >= 11 is 0. The molecule has 0 bridgehead atoms. The minimum Gasteiger partial charge on any atom is -0.465 e. The molecular weight excluding hydrogens is 239 g/mol. The zero-order valence-electron chi connectivity index (χ0n) is 10.3. The van der Waals surface area contributed by atoms with E-state index in [1.54, 1.807) is 20.8 Å². The van der Waals surface area contributed by atoms with Gasteiger partial charge in [0.25, 0.3) is 0 Å². The van der Waals surface area contributed by atoms with Gasteiger partial charge in [-0.05, 0) is 44.5 Å². The molecule has 0 saturated heterocycles. The summed E-state index contributed by atoms with van der Waals surface area (Å²) in [6.07, 6.45) is -1.18. The van der Waals surface area contributed by atoms with Crippen molar-refractivity contribution >= 4 is 17.5 Å². The van der Waals surface area contributed by atoms with E-state index in [4.69, 9.17) is 10.6 Å². The van der Waals surface area contributed by atoms with Crippen LogP contribution in [0.3, 0.4) is 0 Å². The fourth-order valence-corrected chi connectivity index (χ4v) is 1.55. The minimum absolute atomic E-state index is 0.166. The lowest BCUT2D eigenvalue weighted by Gasteiger charge is -2.33. The van der Waals surface area contributed by atoms with E-state index < -0.39 is 17.4 Å². The van der Waals surface area contributed by atoms with Crippen LogP contribution in [-0.2, 0) is 0 Å². The van der Waals surface area contributed by atoms with E-state index in [-0.39, 0.29) is 11.4 Å². The summed E-state index contributed by atoms with van der Waals surface area (Å²) < 4.78 is 13.6. The number of hydrogen-bond donors (Lipinski definition) is 1. The molecule has 0 radical (unpaired) electrons. The van der Waals surface area contributed by atoms with Crippen LogP contribution in [0.5, 0.6) is 0 Å². The van der Waals surface area contributed by atoms with Crippen molar-refractivity contribution in [3.8, 4) is 0 Å². The Morgan fingerprint density at radius 2 is 2.11 bits per heavy atom. The van der Waals surface area contributed by atoms with Gasteiger partial charge in [-0.3, -0.25) is 4.90 Å². The van der Waals surface area contributed by atoms with Crippen molar-refractivity contribution in [2.75, 3.05) is 4.90 Å². The van der Waals surface area contributed by atoms with Gasteiger partial charge in [0.05, 0.1) is 11.4 Å². The first-order valence-electron chi connectivity index (χ1n) is 5.15. The topological polar surface area (TPSA) is 89.3 Å². The van der Waals surface area contributed by atoms with Crippen LogP contribution in [0.1, 0.15) is 20.8 Å². The van der Waals surface area contributed by atoms with Crippen LogP contribution in [0.4, 0.5) is 20.6 Å². The predicted octanol–water partition coefficient (Wildman–Crippen LogP) is 4.05. The highest BCUT2D eigenvalue weighted by Crippen LogP contribution is 2.28. The summed E-state index contributed by atoms with van der Waals surface area (Å²) in [5.74, 6) is -0.763. The van der Waals surface area contributed by atoms with Crippen LogP contribution in [0, 0.1) is 5.82 Å². The van der Waals surface area contributed by atoms with E-state index in [1.807, 2.05) is 0 Å². The van der Waals surface area contributed by atoms with Gasteiger partial charge in [-0.15, -0.1) is 0 Å². The first-order valence-corrected chi connectivity index (χ1v) is 5.15. The lowest BCUT2D eigenvalue weighted by Crippen LogP contribution is -2.45. The lowest BCUT2D eigenvalue weighted by atomic mass is 10.1. The van der Waals surface area contributed by atoms with E-state index in [1.165, 1.54) is 12.1 Å². The van der Waals surface area contributed by atoms with Crippen LogP contribution >= 0.6 is 0 Å². The smallest absolute Gasteiger partial charge is 0.412 e. The maximum atomic E-state index is 13.6. The molecule has 0 heterocycles. The number of anilines is 1. The average molecular weight is 252 g/mol. The third-order valence-corrected chi connectivity index (χ3v) is 2.20. The van der Waals surface area contributed by atoms with E-state index in [2.05, 4.69) is 10.0 Å². The predicted molar refractivity (Wildman–Crippen MR) is 65.5 cm³/mol. The molecule has 0 aliphatic rings. The molecule has 0 aromatic heterocycles. The molecular formula is C11H13FN4O2. The molecule has 96 valence electrons. The fraction of sp³-hybridized carbons (Fsp3) is 0.364. The molecule has 1 amide bonds. The molecule has 1 N–H and O–H groups in total. The molecule has 0 spiro atoms. The van der Waals surface area contributed by atoms with Gasteiger partial charge in [-0.2, -0.15) is 0 Å². The third-order valence-electron chi connectivity index (χ3n) is 2.20. The average Bonchev–Trinajstić information content (AvgIpc) is 2.19. The van der Waals surface area contributed by atoms with Crippen molar-refractivity contribution in [2.45, 2.75) is 26.3 Å². The number of benzene rings is 1. The van der Waals surface area contributed by atoms with Crippen molar-refractivity contribution < 1.29 is 14.3 Å². The molecule has 0 saturated carbocycles. The van der Waals surface area contributed by atoms with Gasteiger partial charge in [0.15, 0.2) is 0 Å². The fourth-order valence-electron chi connectivity index (χ4n) is 1.55. The van der Waals surface area contributed by atoms with Crippen LogP contribution in [-0.4, -0.2) is 16.7 Å². The maximum Gasteiger partial charge on any atom is 0.412 e. The molecule has 1 aromatic carbocycles. The SMILES string of the molecule is CC(C)(C)N(C(=O)O)c1ccc(N=[N+]=[N-])c(F)c1. The number of carbonyl (C=O) groups is 1. The lowest BCUT2D eigenvalue weighted by molar-refractivity contribution is 0.195. The Balaban J connectivity index is 3.28. The summed E-state index contributed by atoms with van der Waals surface area (Å²) in [6, 6.07) is 3.67. The molecule has 0 aliphatic heterocycles. The number of amides is 1. The van der Waals surface area contributed by atoms with Crippen molar-refractivity contribution in [3.63, 3.8) is 0 Å². The second-order valence-electron chi connectivity index (χ2n) is 4.61. The molecule has 0 unspecified atom stereocenters. The standard InChI is InChI=1S/C11H13FN4O2/c1-11(2,3)16(10(17)18)7-4-5-9(14-15-13)8(12)6-7/h4-6H,1-3H3,(H,17,18). The second-order valence-corrected chi connectivity index (χ2v) is 4.61. The number of halogens is 1. The molecule has 0 fully saturated rings. The monoisotopic (exact) mass is 252 g/mol. The second kappa shape index (κ2) is 4.93. The normalized spacial score (nSPS) is 10.7. The first-order chi connectivity index (χ1) is 8.27. The molecule has 0 aliphatic carbocycles. The van der Waals surface area contributed by atoms with Gasteiger partial charge in [-0.1, -0.05) is 5.11 Å². The molecule has 6 nitrogen and oxygen atoms in total. The maximum absolute atomic E-state index is 13.6. The number of azide groups is 1. The van der Waals surface area contributed by atoms with Gasteiger partial charge in [0, 0.05) is 10.5 Å². The summed E-state index contributed by atoms with van der Waals surface area (Å²) in [7, 11) is 0. The zero-order chi connectivity index (χ0) is 13.9. The Morgan fingerprint density at radius 1 is 1.50 bits per heavy atom. The highest BCUT2D eigenvalue weighted by molar-refractivity contribution is 5.87.